The van der Waals surface area contributed by atoms with Gasteiger partial charge in [0.1, 0.15) is 10.9 Å². The Labute approximate surface area is 212 Å². The minimum Gasteiger partial charge on any atom is -0.352 e. The molecule has 1 N–H and O–H groups in total. The molecule has 0 aromatic heterocycles. The Balaban J connectivity index is 1.44. The van der Waals surface area contributed by atoms with Crippen molar-refractivity contribution in [2.75, 3.05) is 6.54 Å². The molecule has 2 aliphatic rings. The molecule has 1 aliphatic carbocycles. The van der Waals surface area contributed by atoms with E-state index in [4.69, 9.17) is 0 Å². The second-order valence-electron chi connectivity index (χ2n) is 9.60. The maximum Gasteiger partial charge on any atom is 0.269 e. The van der Waals surface area contributed by atoms with Gasteiger partial charge in [-0.25, -0.2) is 12.7 Å². The van der Waals surface area contributed by atoms with Crippen molar-refractivity contribution in [3.8, 4) is 0 Å². The smallest absolute Gasteiger partial charge is 0.269 e. The number of carbonyl (C=O) groups excluding carboxylic acids is 3. The lowest BCUT2D eigenvalue weighted by Crippen LogP contribution is -2.49. The van der Waals surface area contributed by atoms with Crippen LogP contribution < -0.4 is 5.32 Å². The molecule has 192 valence electrons. The lowest BCUT2D eigenvalue weighted by atomic mass is 10.1. The van der Waals surface area contributed by atoms with Crippen LogP contribution in [0.15, 0.2) is 53.4 Å². The number of sulfonamides is 1. The van der Waals surface area contributed by atoms with E-state index in [1.165, 1.54) is 12.1 Å². The molecule has 0 bridgehead atoms. The zero-order chi connectivity index (χ0) is 25.9. The van der Waals surface area contributed by atoms with Crippen molar-refractivity contribution in [2.24, 2.45) is 0 Å². The Kier molecular flexibility index (Phi) is 7.78. The van der Waals surface area contributed by atoms with E-state index < -0.39 is 22.0 Å². The van der Waals surface area contributed by atoms with E-state index in [-0.39, 0.29) is 54.2 Å². The molecule has 36 heavy (non-hydrogen) atoms. The van der Waals surface area contributed by atoms with Gasteiger partial charge in [-0.05, 0) is 56.4 Å². The fourth-order valence-electron chi connectivity index (χ4n) is 4.92. The summed E-state index contributed by atoms with van der Waals surface area (Å²) in [6.45, 7) is 3.87. The summed E-state index contributed by atoms with van der Waals surface area (Å²) < 4.78 is 26.4. The van der Waals surface area contributed by atoms with Crippen LogP contribution >= 0.6 is 0 Å². The number of carbonyl (C=O) groups is 3. The van der Waals surface area contributed by atoms with E-state index in [2.05, 4.69) is 5.32 Å². The highest BCUT2D eigenvalue weighted by molar-refractivity contribution is 7.90. The average molecular weight is 512 g/mol. The highest BCUT2D eigenvalue weighted by Gasteiger charge is 2.40. The molecular weight excluding hydrogens is 478 g/mol. The maximum atomic E-state index is 13.4. The Morgan fingerprint density at radius 1 is 1.08 bits per heavy atom. The Bertz CT molecular complexity index is 1250. The molecule has 0 radical (unpaired) electrons. The van der Waals surface area contributed by atoms with Crippen LogP contribution in [0, 0.1) is 6.92 Å². The van der Waals surface area contributed by atoms with Gasteiger partial charge in [-0.2, -0.15) is 0 Å². The molecule has 8 nitrogen and oxygen atoms in total. The second kappa shape index (κ2) is 10.8. The van der Waals surface area contributed by atoms with Crippen LogP contribution in [0.2, 0.25) is 0 Å². The van der Waals surface area contributed by atoms with Gasteiger partial charge in [0, 0.05) is 25.6 Å². The zero-order valence-corrected chi connectivity index (χ0v) is 21.6. The van der Waals surface area contributed by atoms with Crippen molar-refractivity contribution in [1.29, 1.82) is 0 Å². The number of hydrogen-bond donors (Lipinski definition) is 1. The standard InChI is InChI=1S/C27H33N3O5S/c1-19-10-3-4-11-21(19)18-29(20(2)26(32)28-22-12-5-6-13-22)25(31)16-9-17-30-27(33)23-14-7-8-15-24(23)36(30,34)35/h3-4,7-8,10-11,14-15,20,22H,5-6,9,12-13,16-18H2,1-2H3,(H,28,32)/t20-/m1/s1. The molecule has 2 aromatic rings. The first-order valence-electron chi connectivity index (χ1n) is 12.5. The SMILES string of the molecule is Cc1ccccc1CN(C(=O)CCCN1C(=O)c2ccccc2S1(=O)=O)[C@H](C)C(=O)NC1CCCC1. The zero-order valence-electron chi connectivity index (χ0n) is 20.8. The Morgan fingerprint density at radius 3 is 2.44 bits per heavy atom. The van der Waals surface area contributed by atoms with Gasteiger partial charge >= 0.3 is 0 Å². The van der Waals surface area contributed by atoms with Gasteiger partial charge in [0.2, 0.25) is 11.8 Å². The molecule has 0 unspecified atom stereocenters. The van der Waals surface area contributed by atoms with E-state index in [9.17, 15) is 22.8 Å². The summed E-state index contributed by atoms with van der Waals surface area (Å²) in [5, 5.41) is 3.08. The highest BCUT2D eigenvalue weighted by Crippen LogP contribution is 2.30. The van der Waals surface area contributed by atoms with Crippen LogP contribution in [0.4, 0.5) is 0 Å². The van der Waals surface area contributed by atoms with Gasteiger partial charge in [0.15, 0.2) is 0 Å². The van der Waals surface area contributed by atoms with Gasteiger partial charge in [0.25, 0.3) is 15.9 Å². The molecule has 0 spiro atoms. The van der Waals surface area contributed by atoms with E-state index >= 15 is 0 Å². The van der Waals surface area contributed by atoms with Crippen molar-refractivity contribution < 1.29 is 22.8 Å². The predicted octanol–water partition coefficient (Wildman–Crippen LogP) is 3.40. The summed E-state index contributed by atoms with van der Waals surface area (Å²) in [6, 6.07) is 13.3. The fraction of sp³-hybridized carbons (Fsp3) is 0.444. The maximum absolute atomic E-state index is 13.4. The summed E-state index contributed by atoms with van der Waals surface area (Å²) in [4.78, 5) is 40.6. The first-order chi connectivity index (χ1) is 17.2. The molecule has 3 amide bonds. The second-order valence-corrected chi connectivity index (χ2v) is 11.4. The van der Waals surface area contributed by atoms with Gasteiger partial charge in [0.05, 0.1) is 5.56 Å². The van der Waals surface area contributed by atoms with Crippen molar-refractivity contribution >= 4 is 27.7 Å². The van der Waals surface area contributed by atoms with Crippen molar-refractivity contribution in [3.05, 3.63) is 65.2 Å². The summed E-state index contributed by atoms with van der Waals surface area (Å²) in [5.74, 6) is -1.01. The predicted molar refractivity (Wildman–Crippen MR) is 135 cm³/mol. The Hall–Kier alpha value is -3.20. The molecule has 4 rings (SSSR count). The monoisotopic (exact) mass is 511 g/mol. The number of hydrogen-bond acceptors (Lipinski definition) is 5. The Morgan fingerprint density at radius 2 is 1.75 bits per heavy atom. The molecule has 9 heteroatoms. The molecule has 1 fully saturated rings. The van der Waals surface area contributed by atoms with E-state index in [1.807, 2.05) is 31.2 Å². The van der Waals surface area contributed by atoms with Crippen LogP contribution in [0.25, 0.3) is 0 Å². The molecule has 1 aliphatic heterocycles. The molecule has 1 atom stereocenters. The van der Waals surface area contributed by atoms with Gasteiger partial charge in [-0.15, -0.1) is 0 Å². The van der Waals surface area contributed by atoms with Gasteiger partial charge in [-0.1, -0.05) is 49.2 Å². The average Bonchev–Trinajstić information content (AvgIpc) is 3.44. The minimum absolute atomic E-state index is 0.000267. The number of benzene rings is 2. The number of aryl methyl sites for hydroxylation is 1. The number of nitrogens with one attached hydrogen (secondary N) is 1. The van der Waals surface area contributed by atoms with Gasteiger partial charge < -0.3 is 10.2 Å². The van der Waals surface area contributed by atoms with Gasteiger partial charge in [-0.3, -0.25) is 14.4 Å². The molecule has 2 aromatic carbocycles. The summed E-state index contributed by atoms with van der Waals surface area (Å²) >= 11 is 0. The lowest BCUT2D eigenvalue weighted by molar-refractivity contribution is -0.141. The van der Waals surface area contributed by atoms with Crippen molar-refractivity contribution in [1.82, 2.24) is 14.5 Å². The molecular formula is C27H33N3O5S. The quantitative estimate of drug-likeness (QED) is 0.556. The fourth-order valence-corrected chi connectivity index (χ4v) is 6.52. The van der Waals surface area contributed by atoms with E-state index in [0.29, 0.717) is 0 Å². The number of rotatable bonds is 9. The molecule has 1 saturated carbocycles. The summed E-state index contributed by atoms with van der Waals surface area (Å²) in [7, 11) is -3.92. The number of fused-ring (bicyclic) bond motifs is 1. The molecule has 0 saturated heterocycles. The van der Waals surface area contributed by atoms with E-state index in [0.717, 1.165) is 41.1 Å². The van der Waals surface area contributed by atoms with Crippen LogP contribution in [0.3, 0.4) is 0 Å². The third kappa shape index (κ3) is 5.31. The van der Waals surface area contributed by atoms with Crippen LogP contribution in [-0.4, -0.2) is 54.0 Å². The number of nitrogens with zero attached hydrogens (tertiary/aromatic N) is 2. The third-order valence-electron chi connectivity index (χ3n) is 7.13. The first kappa shape index (κ1) is 25.9. The minimum atomic E-state index is -3.92. The van der Waals surface area contributed by atoms with Crippen LogP contribution in [-0.2, 0) is 26.2 Å². The number of amides is 3. The van der Waals surface area contributed by atoms with Crippen LogP contribution in [0.5, 0.6) is 0 Å². The highest BCUT2D eigenvalue weighted by atomic mass is 32.2. The largest absolute Gasteiger partial charge is 0.352 e. The topological polar surface area (TPSA) is 104 Å². The lowest BCUT2D eigenvalue weighted by Gasteiger charge is -2.30. The third-order valence-corrected chi connectivity index (χ3v) is 8.98. The summed E-state index contributed by atoms with van der Waals surface area (Å²) in [6.07, 6.45) is 4.26. The van der Waals surface area contributed by atoms with Crippen molar-refractivity contribution in [2.45, 2.75) is 75.9 Å². The van der Waals surface area contributed by atoms with Crippen LogP contribution in [0.1, 0.15) is 66.9 Å². The normalized spacial score (nSPS) is 17.6. The van der Waals surface area contributed by atoms with Crippen molar-refractivity contribution in [3.63, 3.8) is 0 Å². The first-order valence-corrected chi connectivity index (χ1v) is 13.9. The molecule has 1 heterocycles. The summed E-state index contributed by atoms with van der Waals surface area (Å²) in [5.41, 5.74) is 2.12. The van der Waals surface area contributed by atoms with E-state index in [1.54, 1.807) is 24.0 Å².